The van der Waals surface area contributed by atoms with Crippen molar-refractivity contribution in [2.24, 2.45) is 5.92 Å². The van der Waals surface area contributed by atoms with Crippen LogP contribution in [0, 0.1) is 5.92 Å². The summed E-state index contributed by atoms with van der Waals surface area (Å²) in [5.74, 6) is 1.38. The first-order valence-corrected chi connectivity index (χ1v) is 7.75. The van der Waals surface area contributed by atoms with Crippen molar-refractivity contribution in [3.05, 3.63) is 59.7 Å². The van der Waals surface area contributed by atoms with E-state index in [0.29, 0.717) is 5.92 Å². The summed E-state index contributed by atoms with van der Waals surface area (Å²) in [6, 6.07) is 18.0. The van der Waals surface area contributed by atoms with Crippen LogP contribution in [-0.2, 0) is 6.42 Å². The SMILES string of the molecule is CC(C)CCc1ccc(-c2ccc(C(C)C)cc2)cc1. The van der Waals surface area contributed by atoms with Crippen molar-refractivity contribution in [1.29, 1.82) is 0 Å². The lowest BCUT2D eigenvalue weighted by Gasteiger charge is -2.08. The third-order valence-corrected chi connectivity index (χ3v) is 3.87. The van der Waals surface area contributed by atoms with Gasteiger partial charge in [-0.3, -0.25) is 0 Å². The topological polar surface area (TPSA) is 0 Å². The highest BCUT2D eigenvalue weighted by Gasteiger charge is 2.02. The van der Waals surface area contributed by atoms with Crippen molar-refractivity contribution in [3.8, 4) is 11.1 Å². The molecule has 20 heavy (non-hydrogen) atoms. The molecule has 0 aliphatic carbocycles. The summed E-state index contributed by atoms with van der Waals surface area (Å²) in [6.07, 6.45) is 2.45. The highest BCUT2D eigenvalue weighted by Crippen LogP contribution is 2.23. The van der Waals surface area contributed by atoms with Crippen LogP contribution >= 0.6 is 0 Å². The Morgan fingerprint density at radius 2 is 1.20 bits per heavy atom. The molecule has 0 N–H and O–H groups in total. The van der Waals surface area contributed by atoms with E-state index in [4.69, 9.17) is 0 Å². The van der Waals surface area contributed by atoms with Gasteiger partial charge in [0.15, 0.2) is 0 Å². The van der Waals surface area contributed by atoms with Crippen LogP contribution in [0.3, 0.4) is 0 Å². The van der Waals surface area contributed by atoms with E-state index < -0.39 is 0 Å². The van der Waals surface area contributed by atoms with Gasteiger partial charge in [-0.1, -0.05) is 76.2 Å². The molecule has 0 aliphatic heterocycles. The van der Waals surface area contributed by atoms with Gasteiger partial charge in [0.25, 0.3) is 0 Å². The van der Waals surface area contributed by atoms with Gasteiger partial charge >= 0.3 is 0 Å². The molecular weight excluding hydrogens is 240 g/mol. The summed E-state index contributed by atoms with van der Waals surface area (Å²) >= 11 is 0. The fourth-order valence-corrected chi connectivity index (χ4v) is 2.38. The fraction of sp³-hybridized carbons (Fsp3) is 0.400. The molecule has 0 nitrogen and oxygen atoms in total. The monoisotopic (exact) mass is 266 g/mol. The van der Waals surface area contributed by atoms with Crippen LogP contribution in [0.25, 0.3) is 11.1 Å². The van der Waals surface area contributed by atoms with Crippen LogP contribution in [0.1, 0.15) is 51.2 Å². The minimum atomic E-state index is 0.599. The Kier molecular flexibility index (Phi) is 5.00. The molecule has 0 atom stereocenters. The lowest BCUT2D eigenvalue weighted by molar-refractivity contribution is 0.587. The first-order chi connectivity index (χ1) is 9.56. The zero-order valence-corrected chi connectivity index (χ0v) is 13.2. The molecule has 0 saturated carbocycles. The molecule has 2 aromatic rings. The number of aryl methyl sites for hydroxylation is 1. The van der Waals surface area contributed by atoms with E-state index in [0.717, 1.165) is 5.92 Å². The summed E-state index contributed by atoms with van der Waals surface area (Å²) in [4.78, 5) is 0. The average Bonchev–Trinajstić information content (AvgIpc) is 2.46. The quantitative estimate of drug-likeness (QED) is 0.616. The Balaban J connectivity index is 2.09. The van der Waals surface area contributed by atoms with Gasteiger partial charge in [-0.05, 0) is 46.9 Å². The Hall–Kier alpha value is -1.56. The first-order valence-electron chi connectivity index (χ1n) is 7.75. The second kappa shape index (κ2) is 6.74. The molecule has 0 amide bonds. The molecule has 2 rings (SSSR count). The maximum Gasteiger partial charge on any atom is -0.0184 e. The zero-order chi connectivity index (χ0) is 14.5. The Bertz CT molecular complexity index is 515. The number of hydrogen-bond acceptors (Lipinski definition) is 0. The van der Waals surface area contributed by atoms with Crippen LogP contribution in [0.5, 0.6) is 0 Å². The third-order valence-electron chi connectivity index (χ3n) is 3.87. The van der Waals surface area contributed by atoms with E-state index in [-0.39, 0.29) is 0 Å². The third kappa shape index (κ3) is 3.96. The smallest absolute Gasteiger partial charge is 0.0184 e. The van der Waals surface area contributed by atoms with Gasteiger partial charge in [-0.15, -0.1) is 0 Å². The second-order valence-corrected chi connectivity index (χ2v) is 6.41. The Labute approximate surface area is 123 Å². The van der Waals surface area contributed by atoms with Crippen LogP contribution in [0.4, 0.5) is 0 Å². The highest BCUT2D eigenvalue weighted by atomic mass is 14.1. The summed E-state index contributed by atoms with van der Waals surface area (Å²) in [6.45, 7) is 9.03. The van der Waals surface area contributed by atoms with Gasteiger partial charge < -0.3 is 0 Å². The van der Waals surface area contributed by atoms with E-state index in [1.54, 1.807) is 0 Å². The maximum atomic E-state index is 2.28. The van der Waals surface area contributed by atoms with Crippen LogP contribution in [0.2, 0.25) is 0 Å². The van der Waals surface area contributed by atoms with Gasteiger partial charge in [0.1, 0.15) is 0 Å². The summed E-state index contributed by atoms with van der Waals surface area (Å²) in [5.41, 5.74) is 5.47. The highest BCUT2D eigenvalue weighted by molar-refractivity contribution is 5.64. The van der Waals surface area contributed by atoms with Crippen molar-refractivity contribution in [2.75, 3.05) is 0 Å². The van der Waals surface area contributed by atoms with Crippen LogP contribution in [0.15, 0.2) is 48.5 Å². The normalized spacial score (nSPS) is 11.3. The molecule has 0 unspecified atom stereocenters. The van der Waals surface area contributed by atoms with E-state index >= 15 is 0 Å². The first kappa shape index (κ1) is 14.8. The van der Waals surface area contributed by atoms with Crippen molar-refractivity contribution in [1.82, 2.24) is 0 Å². The van der Waals surface area contributed by atoms with Crippen LogP contribution in [-0.4, -0.2) is 0 Å². The largest absolute Gasteiger partial charge is 0.0628 e. The van der Waals surface area contributed by atoms with Crippen molar-refractivity contribution >= 4 is 0 Å². The summed E-state index contributed by atoms with van der Waals surface area (Å²) in [5, 5.41) is 0. The standard InChI is InChI=1S/C20H26/c1-15(2)5-6-17-7-9-19(10-8-17)20-13-11-18(12-14-20)16(3)4/h7-16H,5-6H2,1-4H3. The Morgan fingerprint density at radius 3 is 1.65 bits per heavy atom. The minimum Gasteiger partial charge on any atom is -0.0628 e. The van der Waals surface area contributed by atoms with E-state index in [1.165, 1.54) is 35.1 Å². The van der Waals surface area contributed by atoms with Gasteiger partial charge in [-0.2, -0.15) is 0 Å². The number of hydrogen-bond donors (Lipinski definition) is 0. The lowest BCUT2D eigenvalue weighted by atomic mass is 9.97. The molecule has 0 fully saturated rings. The molecule has 0 heteroatoms. The molecule has 0 heterocycles. The summed E-state index contributed by atoms with van der Waals surface area (Å²) in [7, 11) is 0. The van der Waals surface area contributed by atoms with Gasteiger partial charge in [0.05, 0.1) is 0 Å². The predicted octanol–water partition coefficient (Wildman–Crippen LogP) is 6.07. The van der Waals surface area contributed by atoms with Gasteiger partial charge in [-0.25, -0.2) is 0 Å². The zero-order valence-electron chi connectivity index (χ0n) is 13.2. The Morgan fingerprint density at radius 1 is 0.700 bits per heavy atom. The van der Waals surface area contributed by atoms with Gasteiger partial charge in [0.2, 0.25) is 0 Å². The molecule has 0 radical (unpaired) electrons. The molecule has 0 spiro atoms. The molecule has 0 bridgehead atoms. The molecule has 0 saturated heterocycles. The number of rotatable bonds is 5. The minimum absolute atomic E-state index is 0.599. The average molecular weight is 266 g/mol. The predicted molar refractivity (Wildman–Crippen MR) is 89.1 cm³/mol. The molecule has 106 valence electrons. The van der Waals surface area contributed by atoms with Crippen LogP contribution < -0.4 is 0 Å². The number of benzene rings is 2. The second-order valence-electron chi connectivity index (χ2n) is 6.41. The summed E-state index contributed by atoms with van der Waals surface area (Å²) < 4.78 is 0. The molecule has 0 aliphatic rings. The van der Waals surface area contributed by atoms with Crippen molar-refractivity contribution < 1.29 is 0 Å². The van der Waals surface area contributed by atoms with Crippen molar-refractivity contribution in [2.45, 2.75) is 46.5 Å². The molecule has 2 aromatic carbocycles. The lowest BCUT2D eigenvalue weighted by Crippen LogP contribution is -1.92. The van der Waals surface area contributed by atoms with E-state index in [9.17, 15) is 0 Å². The fourth-order valence-electron chi connectivity index (χ4n) is 2.38. The molecule has 0 aromatic heterocycles. The van der Waals surface area contributed by atoms with Crippen molar-refractivity contribution in [3.63, 3.8) is 0 Å². The molecular formula is C20H26. The van der Waals surface area contributed by atoms with Gasteiger partial charge in [0, 0.05) is 0 Å². The van der Waals surface area contributed by atoms with E-state index in [2.05, 4.69) is 76.2 Å². The maximum absolute atomic E-state index is 2.28. The van der Waals surface area contributed by atoms with E-state index in [1.807, 2.05) is 0 Å².